The van der Waals surface area contributed by atoms with E-state index in [0.29, 0.717) is 31.0 Å². The molecule has 0 saturated carbocycles. The van der Waals surface area contributed by atoms with E-state index < -0.39 is 11.7 Å². The van der Waals surface area contributed by atoms with Crippen LogP contribution < -0.4 is 10.5 Å². The molecule has 0 amide bonds. The van der Waals surface area contributed by atoms with Gasteiger partial charge >= 0.3 is 6.18 Å². The van der Waals surface area contributed by atoms with E-state index in [9.17, 15) is 13.2 Å². The maximum absolute atomic E-state index is 12.8. The van der Waals surface area contributed by atoms with Crippen LogP contribution in [-0.2, 0) is 12.7 Å². The zero-order valence-corrected chi connectivity index (χ0v) is 15.7. The second-order valence-electron chi connectivity index (χ2n) is 7.08. The van der Waals surface area contributed by atoms with Crippen molar-refractivity contribution >= 4 is 0 Å². The number of fused-ring (bicyclic) bond motifs is 1. The molecule has 0 radical (unpaired) electrons. The molecule has 0 aromatic heterocycles. The Labute approximate surface area is 167 Å². The van der Waals surface area contributed by atoms with Crippen LogP contribution in [0.4, 0.5) is 13.2 Å². The van der Waals surface area contributed by atoms with E-state index in [1.807, 2.05) is 36.4 Å². The van der Waals surface area contributed by atoms with Gasteiger partial charge in [0.25, 0.3) is 0 Å². The third kappa shape index (κ3) is 4.28. The standard InChI is InChI=1S/C23H21F3N2O/c24-23(25,26)19-9-6-17(7-10-19)18-8-11-21-20(14-18)22(27)28(12-13-29-21)15-16-4-2-1-3-5-16/h1-11,14,22H,12-13,15,27H2. The average molecular weight is 398 g/mol. The summed E-state index contributed by atoms with van der Waals surface area (Å²) >= 11 is 0. The predicted octanol–water partition coefficient (Wildman–Crippen LogP) is 5.22. The predicted molar refractivity (Wildman–Crippen MR) is 106 cm³/mol. The Morgan fingerprint density at radius 1 is 0.931 bits per heavy atom. The number of hydrogen-bond donors (Lipinski definition) is 1. The fraction of sp³-hybridized carbons (Fsp3) is 0.217. The number of nitrogens with two attached hydrogens (primary N) is 1. The van der Waals surface area contributed by atoms with Crippen LogP contribution in [0.1, 0.15) is 22.9 Å². The summed E-state index contributed by atoms with van der Waals surface area (Å²) in [5.41, 5.74) is 9.39. The summed E-state index contributed by atoms with van der Waals surface area (Å²) in [4.78, 5) is 2.14. The van der Waals surface area contributed by atoms with Gasteiger partial charge in [0.2, 0.25) is 0 Å². The highest BCUT2D eigenvalue weighted by Gasteiger charge is 2.30. The number of rotatable bonds is 3. The van der Waals surface area contributed by atoms with E-state index in [1.165, 1.54) is 12.1 Å². The smallest absolute Gasteiger partial charge is 0.416 e. The highest BCUT2D eigenvalue weighted by atomic mass is 19.4. The van der Waals surface area contributed by atoms with Crippen molar-refractivity contribution in [1.82, 2.24) is 4.90 Å². The van der Waals surface area contributed by atoms with Gasteiger partial charge in [-0.25, -0.2) is 0 Å². The minimum atomic E-state index is -4.35. The third-order valence-corrected chi connectivity index (χ3v) is 5.13. The largest absolute Gasteiger partial charge is 0.492 e. The third-order valence-electron chi connectivity index (χ3n) is 5.13. The molecule has 1 aliphatic rings. The first-order valence-corrected chi connectivity index (χ1v) is 9.40. The van der Waals surface area contributed by atoms with Gasteiger partial charge in [0, 0.05) is 18.7 Å². The molecule has 0 aliphatic carbocycles. The van der Waals surface area contributed by atoms with Crippen molar-refractivity contribution in [3.05, 3.63) is 89.5 Å². The molecule has 3 nitrogen and oxygen atoms in total. The van der Waals surface area contributed by atoms with Crippen LogP contribution in [0.5, 0.6) is 5.75 Å². The van der Waals surface area contributed by atoms with Crippen LogP contribution in [0.15, 0.2) is 72.8 Å². The van der Waals surface area contributed by atoms with Crippen molar-refractivity contribution in [2.75, 3.05) is 13.2 Å². The molecule has 6 heteroatoms. The highest BCUT2D eigenvalue weighted by molar-refractivity contribution is 5.66. The van der Waals surface area contributed by atoms with Gasteiger partial charge in [-0.05, 0) is 41.0 Å². The summed E-state index contributed by atoms with van der Waals surface area (Å²) in [6, 6.07) is 20.8. The Hall–Kier alpha value is -2.83. The molecule has 0 bridgehead atoms. The lowest BCUT2D eigenvalue weighted by molar-refractivity contribution is -0.137. The van der Waals surface area contributed by atoms with Crippen molar-refractivity contribution in [2.45, 2.75) is 18.9 Å². The average Bonchev–Trinajstić information content (AvgIpc) is 2.87. The summed E-state index contributed by atoms with van der Waals surface area (Å²) in [5.74, 6) is 0.712. The van der Waals surface area contributed by atoms with Crippen molar-refractivity contribution in [2.24, 2.45) is 5.73 Å². The summed E-state index contributed by atoms with van der Waals surface area (Å²) in [7, 11) is 0. The zero-order valence-electron chi connectivity index (χ0n) is 15.7. The first kappa shape index (κ1) is 19.5. The topological polar surface area (TPSA) is 38.5 Å². The van der Waals surface area contributed by atoms with Crippen molar-refractivity contribution < 1.29 is 17.9 Å². The van der Waals surface area contributed by atoms with Crippen LogP contribution in [0.3, 0.4) is 0 Å². The first-order valence-electron chi connectivity index (χ1n) is 9.40. The Bertz CT molecular complexity index is 972. The van der Waals surface area contributed by atoms with Crippen LogP contribution in [0, 0.1) is 0 Å². The number of halogens is 3. The molecule has 2 N–H and O–H groups in total. The van der Waals surface area contributed by atoms with Crippen LogP contribution >= 0.6 is 0 Å². The molecule has 1 unspecified atom stereocenters. The molecule has 0 saturated heterocycles. The lowest BCUT2D eigenvalue weighted by Crippen LogP contribution is -2.35. The lowest BCUT2D eigenvalue weighted by Gasteiger charge is -2.27. The zero-order chi connectivity index (χ0) is 20.4. The minimum Gasteiger partial charge on any atom is -0.492 e. The van der Waals surface area contributed by atoms with Gasteiger partial charge in [-0.15, -0.1) is 0 Å². The molecule has 1 aliphatic heterocycles. The summed E-state index contributed by atoms with van der Waals surface area (Å²) in [6.45, 7) is 1.89. The van der Waals surface area contributed by atoms with Gasteiger partial charge in [0.1, 0.15) is 12.4 Å². The Kier molecular flexibility index (Phi) is 5.30. The molecule has 1 atom stereocenters. The monoisotopic (exact) mass is 398 g/mol. The Balaban J connectivity index is 1.62. The molecule has 1 heterocycles. The maximum Gasteiger partial charge on any atom is 0.416 e. The molecular weight excluding hydrogens is 377 g/mol. The Morgan fingerprint density at radius 3 is 2.31 bits per heavy atom. The van der Waals surface area contributed by atoms with Gasteiger partial charge in [0.05, 0.1) is 11.7 Å². The van der Waals surface area contributed by atoms with Crippen molar-refractivity contribution in [3.63, 3.8) is 0 Å². The maximum atomic E-state index is 12.8. The quantitative estimate of drug-likeness (QED) is 0.657. The van der Waals surface area contributed by atoms with E-state index in [1.54, 1.807) is 0 Å². The van der Waals surface area contributed by atoms with E-state index >= 15 is 0 Å². The number of ether oxygens (including phenoxy) is 1. The number of alkyl halides is 3. The molecule has 0 spiro atoms. The van der Waals surface area contributed by atoms with E-state index in [4.69, 9.17) is 10.5 Å². The SMILES string of the molecule is NC1c2cc(-c3ccc(C(F)(F)F)cc3)ccc2OCCN1Cc1ccccc1. The van der Waals surface area contributed by atoms with Gasteiger partial charge in [-0.2, -0.15) is 13.2 Å². The number of hydrogen-bond acceptors (Lipinski definition) is 3. The minimum absolute atomic E-state index is 0.373. The molecular formula is C23H21F3N2O. The first-order chi connectivity index (χ1) is 13.9. The second kappa shape index (κ2) is 7.89. The van der Waals surface area contributed by atoms with Gasteiger partial charge in [-0.3, -0.25) is 4.90 Å². The molecule has 4 rings (SSSR count). The van der Waals surface area contributed by atoms with Crippen LogP contribution in [-0.4, -0.2) is 18.1 Å². The lowest BCUT2D eigenvalue weighted by atomic mass is 9.99. The molecule has 0 fully saturated rings. The normalized spacial score (nSPS) is 17.3. The second-order valence-corrected chi connectivity index (χ2v) is 7.08. The Morgan fingerprint density at radius 2 is 1.62 bits per heavy atom. The summed E-state index contributed by atoms with van der Waals surface area (Å²) in [5, 5.41) is 0. The van der Waals surface area contributed by atoms with Gasteiger partial charge in [0.15, 0.2) is 0 Å². The van der Waals surface area contributed by atoms with E-state index in [-0.39, 0.29) is 6.17 Å². The fourth-order valence-electron chi connectivity index (χ4n) is 3.55. The number of benzene rings is 3. The van der Waals surface area contributed by atoms with Crippen LogP contribution in [0.2, 0.25) is 0 Å². The molecule has 3 aromatic carbocycles. The van der Waals surface area contributed by atoms with Gasteiger partial charge < -0.3 is 10.5 Å². The van der Waals surface area contributed by atoms with Crippen molar-refractivity contribution in [3.8, 4) is 16.9 Å². The number of nitrogens with zero attached hydrogens (tertiary/aromatic N) is 1. The van der Waals surface area contributed by atoms with Crippen LogP contribution in [0.25, 0.3) is 11.1 Å². The highest BCUT2D eigenvalue weighted by Crippen LogP contribution is 2.35. The summed E-state index contributed by atoms with van der Waals surface area (Å²) < 4.78 is 44.4. The summed E-state index contributed by atoms with van der Waals surface area (Å²) in [6.07, 6.45) is -4.72. The van der Waals surface area contributed by atoms with E-state index in [2.05, 4.69) is 17.0 Å². The molecule has 29 heavy (non-hydrogen) atoms. The molecule has 150 valence electrons. The van der Waals surface area contributed by atoms with E-state index in [0.717, 1.165) is 28.8 Å². The fourth-order valence-corrected chi connectivity index (χ4v) is 3.55. The van der Waals surface area contributed by atoms with Gasteiger partial charge in [-0.1, -0.05) is 48.5 Å². The van der Waals surface area contributed by atoms with Crippen molar-refractivity contribution in [1.29, 1.82) is 0 Å². The molecule has 3 aromatic rings.